The van der Waals surface area contributed by atoms with Gasteiger partial charge in [0.2, 0.25) is 0 Å². The van der Waals surface area contributed by atoms with Crippen LogP contribution in [0.3, 0.4) is 0 Å². The lowest BCUT2D eigenvalue weighted by molar-refractivity contribution is 0.250. The molecular formula is C19H23FN4. The van der Waals surface area contributed by atoms with E-state index in [9.17, 15) is 4.39 Å². The van der Waals surface area contributed by atoms with E-state index in [0.29, 0.717) is 6.04 Å². The number of piperidine rings is 1. The molecule has 0 saturated carbocycles. The summed E-state index contributed by atoms with van der Waals surface area (Å²) in [6.45, 7) is 3.91. The Morgan fingerprint density at radius 1 is 1.12 bits per heavy atom. The Balaban J connectivity index is 1.55. The van der Waals surface area contributed by atoms with E-state index in [-0.39, 0.29) is 5.82 Å². The summed E-state index contributed by atoms with van der Waals surface area (Å²) < 4.78 is 13.1. The molecule has 0 radical (unpaired) electrons. The molecule has 0 bridgehead atoms. The minimum absolute atomic E-state index is 0.188. The molecule has 1 fully saturated rings. The van der Waals surface area contributed by atoms with Gasteiger partial charge >= 0.3 is 0 Å². The fraction of sp³-hybridized carbons (Fsp3) is 0.421. The van der Waals surface area contributed by atoms with Gasteiger partial charge in [-0.05, 0) is 62.8 Å². The van der Waals surface area contributed by atoms with Crippen molar-refractivity contribution in [2.24, 2.45) is 0 Å². The highest BCUT2D eigenvalue weighted by atomic mass is 19.1. The summed E-state index contributed by atoms with van der Waals surface area (Å²) in [6.07, 6.45) is 4.24. The third-order valence-corrected chi connectivity index (χ3v) is 5.11. The molecule has 2 aliphatic rings. The van der Waals surface area contributed by atoms with Crippen LogP contribution in [0.15, 0.2) is 42.6 Å². The lowest BCUT2D eigenvalue weighted by atomic mass is 10.0. The summed E-state index contributed by atoms with van der Waals surface area (Å²) in [5, 5.41) is 0. The number of hydrogen-bond donors (Lipinski definition) is 0. The molecule has 2 aliphatic heterocycles. The number of aromatic nitrogens is 1. The fourth-order valence-corrected chi connectivity index (χ4v) is 3.74. The van der Waals surface area contributed by atoms with Crippen molar-refractivity contribution in [3.63, 3.8) is 0 Å². The summed E-state index contributed by atoms with van der Waals surface area (Å²) >= 11 is 0. The van der Waals surface area contributed by atoms with Gasteiger partial charge in [0.15, 0.2) is 5.82 Å². The number of anilines is 2. The molecule has 5 heteroatoms. The second-order valence-electron chi connectivity index (χ2n) is 6.82. The normalized spacial score (nSPS) is 18.9. The molecule has 0 atom stereocenters. The van der Waals surface area contributed by atoms with Gasteiger partial charge < -0.3 is 14.7 Å². The van der Waals surface area contributed by atoms with Crippen molar-refractivity contribution in [1.82, 2.24) is 9.88 Å². The van der Waals surface area contributed by atoms with Crippen LogP contribution in [-0.4, -0.2) is 42.7 Å². The predicted molar refractivity (Wildman–Crippen MR) is 94.7 cm³/mol. The molecule has 4 nitrogen and oxygen atoms in total. The number of nitrogens with zero attached hydrogens (tertiary/aromatic N) is 4. The lowest BCUT2D eigenvalue weighted by Crippen LogP contribution is -2.45. The van der Waals surface area contributed by atoms with Crippen molar-refractivity contribution >= 4 is 11.5 Å². The Labute approximate surface area is 142 Å². The second-order valence-corrected chi connectivity index (χ2v) is 6.82. The quantitative estimate of drug-likeness (QED) is 0.864. The second kappa shape index (κ2) is 6.40. The molecule has 126 valence electrons. The standard InChI is InChI=1S/C19H23FN4/c1-22-11-8-17(9-12-22)24-14-23(19-18(24)3-2-10-21-19)13-15-4-6-16(20)7-5-15/h2-7,10,17H,8-9,11-14H2,1H3. The van der Waals surface area contributed by atoms with Crippen LogP contribution in [0.25, 0.3) is 0 Å². The molecule has 0 amide bonds. The number of pyridine rings is 1. The monoisotopic (exact) mass is 326 g/mol. The van der Waals surface area contributed by atoms with Gasteiger partial charge in [0.05, 0.1) is 12.4 Å². The van der Waals surface area contributed by atoms with E-state index in [2.05, 4.69) is 32.8 Å². The van der Waals surface area contributed by atoms with E-state index in [1.54, 1.807) is 0 Å². The Hall–Kier alpha value is -2.14. The van der Waals surface area contributed by atoms with Crippen LogP contribution < -0.4 is 9.80 Å². The van der Waals surface area contributed by atoms with Gasteiger partial charge in [-0.2, -0.15) is 0 Å². The third kappa shape index (κ3) is 2.96. The van der Waals surface area contributed by atoms with Gasteiger partial charge in [-0.15, -0.1) is 0 Å². The minimum Gasteiger partial charge on any atom is -0.348 e. The Bertz CT molecular complexity index is 695. The van der Waals surface area contributed by atoms with Crippen molar-refractivity contribution in [2.45, 2.75) is 25.4 Å². The van der Waals surface area contributed by atoms with Gasteiger partial charge in [-0.1, -0.05) is 12.1 Å². The highest BCUT2D eigenvalue weighted by molar-refractivity contribution is 5.72. The number of fused-ring (bicyclic) bond motifs is 1. The van der Waals surface area contributed by atoms with Gasteiger partial charge in [-0.25, -0.2) is 9.37 Å². The van der Waals surface area contributed by atoms with Crippen molar-refractivity contribution in [1.29, 1.82) is 0 Å². The average Bonchev–Trinajstić information content (AvgIpc) is 2.97. The molecule has 1 saturated heterocycles. The maximum atomic E-state index is 13.1. The summed E-state index contributed by atoms with van der Waals surface area (Å²) in [5.41, 5.74) is 2.34. The Kier molecular flexibility index (Phi) is 4.10. The summed E-state index contributed by atoms with van der Waals surface area (Å²) in [6, 6.07) is 11.5. The van der Waals surface area contributed by atoms with E-state index >= 15 is 0 Å². The van der Waals surface area contributed by atoms with E-state index in [1.807, 2.05) is 24.4 Å². The van der Waals surface area contributed by atoms with Crippen molar-refractivity contribution in [2.75, 3.05) is 36.6 Å². The predicted octanol–water partition coefficient (Wildman–Crippen LogP) is 3.10. The molecule has 2 aromatic rings. The first-order valence-corrected chi connectivity index (χ1v) is 8.60. The van der Waals surface area contributed by atoms with Gasteiger partial charge in [0, 0.05) is 18.8 Å². The minimum atomic E-state index is -0.188. The highest BCUT2D eigenvalue weighted by Gasteiger charge is 2.33. The lowest BCUT2D eigenvalue weighted by Gasteiger charge is -2.36. The Morgan fingerprint density at radius 3 is 2.62 bits per heavy atom. The van der Waals surface area contributed by atoms with Gasteiger partial charge in [0.1, 0.15) is 5.82 Å². The van der Waals surface area contributed by atoms with Crippen molar-refractivity contribution < 1.29 is 4.39 Å². The van der Waals surface area contributed by atoms with Crippen LogP contribution in [0.5, 0.6) is 0 Å². The Morgan fingerprint density at radius 2 is 1.88 bits per heavy atom. The molecule has 0 aliphatic carbocycles. The molecule has 1 aromatic heterocycles. The molecular weight excluding hydrogens is 303 g/mol. The molecule has 4 rings (SSSR count). The van der Waals surface area contributed by atoms with E-state index in [1.165, 1.54) is 30.7 Å². The van der Waals surface area contributed by atoms with Crippen LogP contribution >= 0.6 is 0 Å². The van der Waals surface area contributed by atoms with Crippen molar-refractivity contribution in [3.05, 3.63) is 54.0 Å². The smallest absolute Gasteiger partial charge is 0.153 e. The number of rotatable bonds is 3. The largest absolute Gasteiger partial charge is 0.348 e. The maximum Gasteiger partial charge on any atom is 0.153 e. The molecule has 1 aromatic carbocycles. The van der Waals surface area contributed by atoms with E-state index < -0.39 is 0 Å². The van der Waals surface area contributed by atoms with Crippen LogP contribution in [0.2, 0.25) is 0 Å². The van der Waals surface area contributed by atoms with Gasteiger partial charge in [-0.3, -0.25) is 0 Å². The zero-order valence-corrected chi connectivity index (χ0v) is 14.0. The first-order valence-electron chi connectivity index (χ1n) is 8.60. The molecule has 0 spiro atoms. The topological polar surface area (TPSA) is 22.6 Å². The summed E-state index contributed by atoms with van der Waals surface area (Å²) in [7, 11) is 2.19. The SMILES string of the molecule is CN1CCC(N2CN(Cc3ccc(F)cc3)c3ncccc32)CC1. The van der Waals surface area contributed by atoms with Crippen LogP contribution in [-0.2, 0) is 6.54 Å². The van der Waals surface area contributed by atoms with Crippen LogP contribution in [0.1, 0.15) is 18.4 Å². The van der Waals surface area contributed by atoms with Crippen LogP contribution in [0.4, 0.5) is 15.9 Å². The molecule has 3 heterocycles. The number of hydrogen-bond acceptors (Lipinski definition) is 4. The van der Waals surface area contributed by atoms with Crippen molar-refractivity contribution in [3.8, 4) is 0 Å². The average molecular weight is 326 g/mol. The zero-order valence-electron chi connectivity index (χ0n) is 14.0. The van der Waals surface area contributed by atoms with Crippen LogP contribution in [0, 0.1) is 5.82 Å². The fourth-order valence-electron chi connectivity index (χ4n) is 3.74. The zero-order chi connectivity index (χ0) is 16.5. The van der Waals surface area contributed by atoms with Gasteiger partial charge in [0.25, 0.3) is 0 Å². The summed E-state index contributed by atoms with van der Waals surface area (Å²) in [5.74, 6) is 0.854. The maximum absolute atomic E-state index is 13.1. The first kappa shape index (κ1) is 15.4. The van der Waals surface area contributed by atoms with E-state index in [4.69, 9.17) is 0 Å². The summed E-state index contributed by atoms with van der Waals surface area (Å²) in [4.78, 5) is 11.8. The molecule has 0 unspecified atom stereocenters. The number of benzene rings is 1. The first-order chi connectivity index (χ1) is 11.7. The molecule has 0 N–H and O–H groups in total. The number of halogens is 1. The highest BCUT2D eigenvalue weighted by Crippen LogP contribution is 2.37. The third-order valence-electron chi connectivity index (χ3n) is 5.11. The van der Waals surface area contributed by atoms with E-state index in [0.717, 1.165) is 37.7 Å². The molecule has 24 heavy (non-hydrogen) atoms. The number of likely N-dealkylation sites (tertiary alicyclic amines) is 1.